The molecule has 23 heavy (non-hydrogen) atoms. The van der Waals surface area contributed by atoms with Crippen LogP contribution in [-0.4, -0.2) is 22.8 Å². The third kappa shape index (κ3) is 4.20. The predicted octanol–water partition coefficient (Wildman–Crippen LogP) is 4.80. The van der Waals surface area contributed by atoms with Gasteiger partial charge in [0, 0.05) is 4.90 Å². The van der Waals surface area contributed by atoms with Crippen LogP contribution in [0.2, 0.25) is 5.02 Å². The SMILES string of the molecule is CC(O)(C(=O)Nc1ccc(Sc2cccs2)cc1Cl)C(F)(F)F. The molecule has 1 aromatic carbocycles. The number of carbonyl (C=O) groups excluding carboxylic acids is 1. The summed E-state index contributed by atoms with van der Waals surface area (Å²) in [4.78, 5) is 12.4. The molecule has 1 atom stereocenters. The molecule has 1 amide bonds. The van der Waals surface area contributed by atoms with Gasteiger partial charge in [0.15, 0.2) is 0 Å². The van der Waals surface area contributed by atoms with E-state index in [0.29, 0.717) is 6.92 Å². The fraction of sp³-hybridized carbons (Fsp3) is 0.214. The molecule has 2 aromatic rings. The van der Waals surface area contributed by atoms with Gasteiger partial charge in [-0.3, -0.25) is 4.79 Å². The minimum absolute atomic E-state index is 0.00304. The maximum absolute atomic E-state index is 12.6. The number of halogens is 4. The Morgan fingerprint density at radius 3 is 2.57 bits per heavy atom. The van der Waals surface area contributed by atoms with Crippen LogP contribution in [0.1, 0.15) is 6.92 Å². The van der Waals surface area contributed by atoms with Gasteiger partial charge in [0.05, 0.1) is 14.9 Å². The van der Waals surface area contributed by atoms with Crippen LogP contribution in [0.25, 0.3) is 0 Å². The van der Waals surface area contributed by atoms with Crippen molar-refractivity contribution >= 4 is 46.3 Å². The summed E-state index contributed by atoms with van der Waals surface area (Å²) in [6.07, 6.45) is -5.08. The topological polar surface area (TPSA) is 49.3 Å². The number of anilines is 1. The summed E-state index contributed by atoms with van der Waals surface area (Å²) < 4.78 is 38.9. The van der Waals surface area contributed by atoms with Crippen LogP contribution in [0.4, 0.5) is 18.9 Å². The maximum Gasteiger partial charge on any atom is 0.426 e. The first-order chi connectivity index (χ1) is 10.6. The molecule has 1 aromatic heterocycles. The Morgan fingerprint density at radius 1 is 1.35 bits per heavy atom. The minimum Gasteiger partial charge on any atom is -0.373 e. The van der Waals surface area contributed by atoms with Crippen molar-refractivity contribution in [2.45, 2.75) is 27.8 Å². The van der Waals surface area contributed by atoms with E-state index in [-0.39, 0.29) is 10.7 Å². The second kappa shape index (κ2) is 6.72. The lowest BCUT2D eigenvalue weighted by Crippen LogP contribution is -2.52. The van der Waals surface area contributed by atoms with Gasteiger partial charge in [-0.2, -0.15) is 13.2 Å². The fourth-order valence-electron chi connectivity index (χ4n) is 1.47. The molecule has 2 N–H and O–H groups in total. The van der Waals surface area contributed by atoms with E-state index in [1.807, 2.05) is 22.8 Å². The van der Waals surface area contributed by atoms with Gasteiger partial charge in [-0.25, -0.2) is 0 Å². The summed E-state index contributed by atoms with van der Waals surface area (Å²) in [5, 5.41) is 13.3. The van der Waals surface area contributed by atoms with Gasteiger partial charge in [0.1, 0.15) is 0 Å². The summed E-state index contributed by atoms with van der Waals surface area (Å²) >= 11 is 8.96. The van der Waals surface area contributed by atoms with Crippen molar-refractivity contribution in [3.8, 4) is 0 Å². The highest BCUT2D eigenvalue weighted by Crippen LogP contribution is 2.36. The van der Waals surface area contributed by atoms with E-state index in [1.54, 1.807) is 6.07 Å². The lowest BCUT2D eigenvalue weighted by Gasteiger charge is -2.25. The molecule has 0 aliphatic rings. The fourth-order valence-corrected chi connectivity index (χ4v) is 3.55. The van der Waals surface area contributed by atoms with Crippen molar-refractivity contribution in [3.05, 3.63) is 40.7 Å². The minimum atomic E-state index is -5.08. The Morgan fingerprint density at radius 2 is 2.04 bits per heavy atom. The summed E-state index contributed by atoms with van der Waals surface area (Å²) in [7, 11) is 0. The highest BCUT2D eigenvalue weighted by atomic mass is 35.5. The summed E-state index contributed by atoms with van der Waals surface area (Å²) in [5.41, 5.74) is -3.50. The lowest BCUT2D eigenvalue weighted by molar-refractivity contribution is -0.242. The van der Waals surface area contributed by atoms with Crippen molar-refractivity contribution in [2.75, 3.05) is 5.32 Å². The van der Waals surface area contributed by atoms with Crippen LogP contribution in [-0.2, 0) is 4.79 Å². The van der Waals surface area contributed by atoms with Crippen molar-refractivity contribution in [2.24, 2.45) is 0 Å². The molecule has 0 spiro atoms. The summed E-state index contributed by atoms with van der Waals surface area (Å²) in [6.45, 7) is 0.386. The Bertz CT molecular complexity index is 703. The summed E-state index contributed by atoms with van der Waals surface area (Å²) in [6, 6.07) is 8.35. The predicted molar refractivity (Wildman–Crippen MR) is 85.2 cm³/mol. The third-order valence-corrected chi connectivity index (χ3v) is 5.24. The molecule has 0 saturated carbocycles. The van der Waals surface area contributed by atoms with Gasteiger partial charge in [0.2, 0.25) is 5.60 Å². The number of carbonyl (C=O) groups is 1. The van der Waals surface area contributed by atoms with E-state index in [2.05, 4.69) is 0 Å². The smallest absolute Gasteiger partial charge is 0.373 e. The molecular formula is C14H11ClF3NO2S2. The van der Waals surface area contributed by atoms with Gasteiger partial charge >= 0.3 is 6.18 Å². The van der Waals surface area contributed by atoms with E-state index < -0.39 is 17.7 Å². The van der Waals surface area contributed by atoms with E-state index in [4.69, 9.17) is 11.6 Å². The Hall–Kier alpha value is -1.22. The van der Waals surface area contributed by atoms with Crippen LogP contribution in [0.15, 0.2) is 44.8 Å². The summed E-state index contributed by atoms with van der Waals surface area (Å²) in [5.74, 6) is -1.59. The van der Waals surface area contributed by atoms with E-state index >= 15 is 0 Å². The number of hydrogen-bond acceptors (Lipinski definition) is 4. The van der Waals surface area contributed by atoms with Gasteiger partial charge in [-0.15, -0.1) is 11.3 Å². The zero-order valence-corrected chi connectivity index (χ0v) is 14.0. The third-order valence-electron chi connectivity index (χ3n) is 2.90. The van der Waals surface area contributed by atoms with E-state index in [9.17, 15) is 23.1 Å². The second-order valence-corrected chi connectivity index (χ2v) is 7.43. The Labute approximate surface area is 143 Å². The quantitative estimate of drug-likeness (QED) is 0.799. The number of nitrogens with one attached hydrogen (secondary N) is 1. The number of alkyl halides is 3. The largest absolute Gasteiger partial charge is 0.426 e. The molecule has 0 aliphatic carbocycles. The number of aliphatic hydroxyl groups is 1. The number of rotatable bonds is 4. The van der Waals surface area contributed by atoms with E-state index in [0.717, 1.165) is 9.10 Å². The molecule has 124 valence electrons. The van der Waals surface area contributed by atoms with Crippen molar-refractivity contribution < 1.29 is 23.1 Å². The zero-order valence-electron chi connectivity index (χ0n) is 11.6. The van der Waals surface area contributed by atoms with Crippen molar-refractivity contribution in [3.63, 3.8) is 0 Å². The van der Waals surface area contributed by atoms with Crippen LogP contribution in [0.3, 0.4) is 0 Å². The van der Waals surface area contributed by atoms with Gasteiger partial charge in [-0.1, -0.05) is 29.4 Å². The molecular weight excluding hydrogens is 371 g/mol. The second-order valence-electron chi connectivity index (χ2n) is 4.70. The molecule has 0 saturated heterocycles. The highest BCUT2D eigenvalue weighted by Gasteiger charge is 2.55. The van der Waals surface area contributed by atoms with E-state index in [1.165, 1.54) is 35.2 Å². The number of amides is 1. The average Bonchev–Trinajstić information content (AvgIpc) is 2.93. The first-order valence-corrected chi connectivity index (χ1v) is 8.30. The van der Waals surface area contributed by atoms with Crippen LogP contribution in [0, 0.1) is 0 Å². The standard InChI is InChI=1S/C14H11ClF3NO2S2/c1-13(21,14(16,17)18)12(20)19-10-5-4-8(7-9(10)15)23-11-3-2-6-22-11/h2-7,21H,1H3,(H,19,20). The molecule has 1 heterocycles. The Kier molecular flexibility index (Phi) is 5.30. The highest BCUT2D eigenvalue weighted by molar-refractivity contribution is 8.01. The monoisotopic (exact) mass is 381 g/mol. The van der Waals surface area contributed by atoms with Crippen molar-refractivity contribution in [1.82, 2.24) is 0 Å². The molecule has 0 aliphatic heterocycles. The first kappa shape index (κ1) is 18.1. The van der Waals surface area contributed by atoms with Gasteiger partial charge in [-0.05, 0) is 36.6 Å². The first-order valence-electron chi connectivity index (χ1n) is 6.23. The molecule has 9 heteroatoms. The molecule has 3 nitrogen and oxygen atoms in total. The number of hydrogen-bond donors (Lipinski definition) is 2. The molecule has 0 fully saturated rings. The average molecular weight is 382 g/mol. The van der Waals surface area contributed by atoms with Crippen LogP contribution < -0.4 is 5.32 Å². The van der Waals surface area contributed by atoms with Gasteiger partial charge < -0.3 is 10.4 Å². The molecule has 1 unspecified atom stereocenters. The molecule has 0 bridgehead atoms. The van der Waals surface area contributed by atoms with Crippen LogP contribution in [0.5, 0.6) is 0 Å². The molecule has 2 rings (SSSR count). The number of benzene rings is 1. The van der Waals surface area contributed by atoms with Crippen molar-refractivity contribution in [1.29, 1.82) is 0 Å². The maximum atomic E-state index is 12.6. The Balaban J connectivity index is 2.14. The zero-order chi connectivity index (χ0) is 17.3. The lowest BCUT2D eigenvalue weighted by atomic mass is 10.1. The molecule has 0 radical (unpaired) electrons. The van der Waals surface area contributed by atoms with Crippen LogP contribution >= 0.6 is 34.7 Å². The normalized spacial score (nSPS) is 14.3. The van der Waals surface area contributed by atoms with Gasteiger partial charge in [0.25, 0.3) is 5.91 Å². The number of thiophene rings is 1.